The molecule has 0 bridgehead atoms. The van der Waals surface area contributed by atoms with E-state index in [4.69, 9.17) is 5.73 Å². The second-order valence-corrected chi connectivity index (χ2v) is 3.54. The van der Waals surface area contributed by atoms with Gasteiger partial charge in [-0.3, -0.25) is 0 Å². The fourth-order valence-corrected chi connectivity index (χ4v) is 1.95. The van der Waals surface area contributed by atoms with E-state index in [9.17, 15) is 4.79 Å². The molecule has 76 valence electrons. The third-order valence-electron chi connectivity index (χ3n) is 2.84. The Balaban J connectivity index is 2.52. The normalized spacial score (nSPS) is 27.8. The molecule has 0 saturated carbocycles. The summed E-state index contributed by atoms with van der Waals surface area (Å²) in [6.45, 7) is 4.34. The molecule has 2 atom stereocenters. The molecule has 1 aliphatic rings. The minimum atomic E-state index is -0.227. The maximum atomic E-state index is 11.2. The van der Waals surface area contributed by atoms with E-state index in [0.717, 1.165) is 19.5 Å². The molecular weight excluding hydrogens is 168 g/mol. The van der Waals surface area contributed by atoms with E-state index in [1.165, 1.54) is 7.11 Å². The van der Waals surface area contributed by atoms with Gasteiger partial charge in [0, 0.05) is 13.1 Å². The van der Waals surface area contributed by atoms with Crippen molar-refractivity contribution in [3.05, 3.63) is 0 Å². The van der Waals surface area contributed by atoms with Crippen LogP contribution < -0.4 is 5.73 Å². The van der Waals surface area contributed by atoms with Crippen molar-refractivity contribution < 1.29 is 9.53 Å². The number of carbonyl (C=O) groups is 1. The van der Waals surface area contributed by atoms with Gasteiger partial charge >= 0.3 is 6.09 Å². The van der Waals surface area contributed by atoms with Crippen molar-refractivity contribution in [2.75, 3.05) is 26.7 Å². The van der Waals surface area contributed by atoms with Crippen LogP contribution in [0.3, 0.4) is 0 Å². The first-order valence-electron chi connectivity index (χ1n) is 4.75. The monoisotopic (exact) mass is 186 g/mol. The number of carbonyl (C=O) groups excluding carboxylic acids is 1. The summed E-state index contributed by atoms with van der Waals surface area (Å²) in [6.07, 6.45) is 0.851. The summed E-state index contributed by atoms with van der Waals surface area (Å²) in [7, 11) is 1.42. The van der Waals surface area contributed by atoms with Crippen LogP contribution in [0.1, 0.15) is 13.3 Å². The molecule has 4 nitrogen and oxygen atoms in total. The highest BCUT2D eigenvalue weighted by Crippen LogP contribution is 2.25. The Morgan fingerprint density at radius 3 is 2.54 bits per heavy atom. The number of amides is 1. The van der Waals surface area contributed by atoms with Crippen molar-refractivity contribution in [2.45, 2.75) is 13.3 Å². The van der Waals surface area contributed by atoms with Crippen molar-refractivity contribution in [3.63, 3.8) is 0 Å². The molecule has 2 unspecified atom stereocenters. The lowest BCUT2D eigenvalue weighted by Gasteiger charge is -2.13. The summed E-state index contributed by atoms with van der Waals surface area (Å²) in [5.41, 5.74) is 5.62. The molecule has 0 aromatic rings. The molecule has 0 spiro atoms. The lowest BCUT2D eigenvalue weighted by atomic mass is 9.94. The summed E-state index contributed by atoms with van der Waals surface area (Å²) in [4.78, 5) is 12.9. The first kappa shape index (κ1) is 10.3. The van der Waals surface area contributed by atoms with Crippen LogP contribution in [0.25, 0.3) is 0 Å². The van der Waals surface area contributed by atoms with Gasteiger partial charge in [0.05, 0.1) is 7.11 Å². The van der Waals surface area contributed by atoms with Crippen LogP contribution in [-0.2, 0) is 4.74 Å². The Morgan fingerprint density at radius 2 is 2.15 bits per heavy atom. The standard InChI is InChI=1S/C9H18N2O2/c1-3-7-5-11(9(12)13-2)6-8(7)4-10/h7-8H,3-6,10H2,1-2H3. The molecule has 1 aliphatic heterocycles. The fourth-order valence-electron chi connectivity index (χ4n) is 1.95. The number of nitrogens with two attached hydrogens (primary N) is 1. The molecule has 1 amide bonds. The second-order valence-electron chi connectivity index (χ2n) is 3.54. The van der Waals surface area contributed by atoms with Gasteiger partial charge in [-0.1, -0.05) is 13.3 Å². The smallest absolute Gasteiger partial charge is 0.409 e. The largest absolute Gasteiger partial charge is 0.453 e. The van der Waals surface area contributed by atoms with E-state index in [1.807, 2.05) is 0 Å². The maximum absolute atomic E-state index is 11.2. The van der Waals surface area contributed by atoms with Crippen molar-refractivity contribution in [3.8, 4) is 0 Å². The van der Waals surface area contributed by atoms with Crippen molar-refractivity contribution >= 4 is 6.09 Å². The summed E-state index contributed by atoms with van der Waals surface area (Å²) in [5.74, 6) is 0.994. The first-order valence-corrected chi connectivity index (χ1v) is 4.75. The Morgan fingerprint density at radius 1 is 1.54 bits per heavy atom. The molecule has 1 rings (SSSR count). The van der Waals surface area contributed by atoms with Crippen molar-refractivity contribution in [1.82, 2.24) is 4.90 Å². The number of hydrogen-bond donors (Lipinski definition) is 1. The van der Waals surface area contributed by atoms with Gasteiger partial charge in [-0.05, 0) is 18.4 Å². The van der Waals surface area contributed by atoms with Crippen LogP contribution in [-0.4, -0.2) is 37.7 Å². The highest BCUT2D eigenvalue weighted by molar-refractivity contribution is 5.67. The topological polar surface area (TPSA) is 55.6 Å². The van der Waals surface area contributed by atoms with Gasteiger partial charge in [0.25, 0.3) is 0 Å². The van der Waals surface area contributed by atoms with Gasteiger partial charge < -0.3 is 15.4 Å². The molecule has 1 heterocycles. The molecule has 0 aliphatic carbocycles. The van der Waals surface area contributed by atoms with E-state index < -0.39 is 0 Å². The SMILES string of the molecule is CCC1CN(C(=O)OC)CC1CN. The van der Waals surface area contributed by atoms with E-state index in [2.05, 4.69) is 11.7 Å². The Bertz CT molecular complexity index is 172. The zero-order valence-corrected chi connectivity index (χ0v) is 8.32. The number of rotatable bonds is 2. The number of likely N-dealkylation sites (tertiary alicyclic amines) is 1. The van der Waals surface area contributed by atoms with Gasteiger partial charge in [-0.2, -0.15) is 0 Å². The third-order valence-corrected chi connectivity index (χ3v) is 2.84. The lowest BCUT2D eigenvalue weighted by Crippen LogP contribution is -2.29. The molecule has 1 fully saturated rings. The fraction of sp³-hybridized carbons (Fsp3) is 0.889. The van der Waals surface area contributed by atoms with Crippen LogP contribution in [0, 0.1) is 11.8 Å². The quantitative estimate of drug-likeness (QED) is 0.689. The molecule has 0 radical (unpaired) electrons. The van der Waals surface area contributed by atoms with Gasteiger partial charge in [0.2, 0.25) is 0 Å². The van der Waals surface area contributed by atoms with Crippen molar-refractivity contribution in [1.29, 1.82) is 0 Å². The molecule has 13 heavy (non-hydrogen) atoms. The Kier molecular flexibility index (Phi) is 3.54. The zero-order valence-electron chi connectivity index (χ0n) is 8.32. The second kappa shape index (κ2) is 4.46. The summed E-state index contributed by atoms with van der Waals surface area (Å²) in [5, 5.41) is 0. The van der Waals surface area contributed by atoms with Gasteiger partial charge in [0.15, 0.2) is 0 Å². The van der Waals surface area contributed by atoms with E-state index in [-0.39, 0.29) is 6.09 Å². The van der Waals surface area contributed by atoms with Crippen LogP contribution in [0.4, 0.5) is 4.79 Å². The van der Waals surface area contributed by atoms with Crippen LogP contribution >= 0.6 is 0 Å². The highest BCUT2D eigenvalue weighted by atomic mass is 16.5. The molecule has 2 N–H and O–H groups in total. The minimum absolute atomic E-state index is 0.227. The Hall–Kier alpha value is -0.770. The maximum Gasteiger partial charge on any atom is 0.409 e. The van der Waals surface area contributed by atoms with Crippen LogP contribution in [0.2, 0.25) is 0 Å². The van der Waals surface area contributed by atoms with Gasteiger partial charge in [-0.25, -0.2) is 4.79 Å². The third kappa shape index (κ3) is 2.12. The van der Waals surface area contributed by atoms with Gasteiger partial charge in [0.1, 0.15) is 0 Å². The number of hydrogen-bond acceptors (Lipinski definition) is 3. The van der Waals surface area contributed by atoms with Crippen molar-refractivity contribution in [2.24, 2.45) is 17.6 Å². The average molecular weight is 186 g/mol. The van der Waals surface area contributed by atoms with E-state index in [1.54, 1.807) is 4.90 Å². The van der Waals surface area contributed by atoms with Crippen LogP contribution in [0.15, 0.2) is 0 Å². The van der Waals surface area contributed by atoms with Crippen LogP contribution in [0.5, 0.6) is 0 Å². The number of nitrogens with zero attached hydrogens (tertiary/aromatic N) is 1. The minimum Gasteiger partial charge on any atom is -0.453 e. The lowest BCUT2D eigenvalue weighted by molar-refractivity contribution is 0.131. The predicted molar refractivity (Wildman–Crippen MR) is 50.3 cm³/mol. The molecule has 0 aromatic carbocycles. The zero-order chi connectivity index (χ0) is 9.84. The molecular formula is C9H18N2O2. The first-order chi connectivity index (χ1) is 6.22. The number of methoxy groups -OCH3 is 1. The summed E-state index contributed by atoms with van der Waals surface area (Å²) in [6, 6.07) is 0. The molecule has 4 heteroatoms. The molecule has 0 aromatic heterocycles. The average Bonchev–Trinajstić information content (AvgIpc) is 2.59. The highest BCUT2D eigenvalue weighted by Gasteiger charge is 2.33. The van der Waals surface area contributed by atoms with E-state index >= 15 is 0 Å². The van der Waals surface area contributed by atoms with Gasteiger partial charge in [-0.15, -0.1) is 0 Å². The number of ether oxygens (including phenoxy) is 1. The summed E-state index contributed by atoms with van der Waals surface area (Å²) < 4.78 is 4.67. The van der Waals surface area contributed by atoms with E-state index in [0.29, 0.717) is 18.4 Å². The summed E-state index contributed by atoms with van der Waals surface area (Å²) >= 11 is 0. The predicted octanol–water partition coefficient (Wildman–Crippen LogP) is 0.670. The molecule has 1 saturated heterocycles. The Labute approximate surface area is 79.0 Å².